The van der Waals surface area contributed by atoms with Crippen LogP contribution in [0.5, 0.6) is 0 Å². The molecule has 0 amide bonds. The molecule has 0 saturated carbocycles. The number of nitrogens with two attached hydrogens (primary N) is 1. The summed E-state index contributed by atoms with van der Waals surface area (Å²) in [5.41, 5.74) is 4.13. The van der Waals surface area contributed by atoms with Gasteiger partial charge in [-0.25, -0.2) is 0 Å². The summed E-state index contributed by atoms with van der Waals surface area (Å²) < 4.78 is 0. The normalized spacial score (nSPS) is 12.1. The minimum atomic E-state index is 0.192. The monoisotopic (exact) mass is 234 g/mol. The molecule has 86 valence electrons. The van der Waals surface area contributed by atoms with E-state index in [1.807, 2.05) is 12.1 Å². The predicted octanol–water partition coefficient (Wildman–Crippen LogP) is 2.72. The van der Waals surface area contributed by atoms with Crippen LogP contribution >= 0.6 is 11.8 Å². The van der Waals surface area contributed by atoms with E-state index >= 15 is 0 Å². The van der Waals surface area contributed by atoms with Crippen molar-refractivity contribution in [2.45, 2.75) is 30.2 Å². The first-order valence-electron chi connectivity index (χ1n) is 5.36. The van der Waals surface area contributed by atoms with Crippen LogP contribution in [0, 0.1) is 12.3 Å². The molecule has 0 fully saturated rings. The van der Waals surface area contributed by atoms with Crippen molar-refractivity contribution in [3.8, 4) is 12.3 Å². The minimum absolute atomic E-state index is 0.192. The first-order valence-corrected chi connectivity index (χ1v) is 6.58. The van der Waals surface area contributed by atoms with E-state index in [2.05, 4.69) is 29.7 Å². The first-order chi connectivity index (χ1) is 7.83. The van der Waals surface area contributed by atoms with E-state index in [4.69, 9.17) is 12.3 Å². The van der Waals surface area contributed by atoms with Gasteiger partial charge in [-0.05, 0) is 30.7 Å². The van der Waals surface area contributed by atoms with Gasteiger partial charge in [0.2, 0.25) is 0 Å². The number of nitrogens with one attached hydrogen (secondary N) is 1. The van der Waals surface area contributed by atoms with E-state index in [-0.39, 0.29) is 6.04 Å². The average Bonchev–Trinajstić information content (AvgIpc) is 2.35. The van der Waals surface area contributed by atoms with Gasteiger partial charge in [0.1, 0.15) is 0 Å². The fourth-order valence-corrected chi connectivity index (χ4v) is 2.35. The molecule has 3 heteroatoms. The zero-order chi connectivity index (χ0) is 11.8. The third-order valence-electron chi connectivity index (χ3n) is 2.53. The Hall–Kier alpha value is -0.950. The van der Waals surface area contributed by atoms with E-state index in [0.717, 1.165) is 19.3 Å². The lowest BCUT2D eigenvalue weighted by Crippen LogP contribution is -2.28. The highest BCUT2D eigenvalue weighted by Gasteiger charge is 2.12. The third kappa shape index (κ3) is 3.57. The van der Waals surface area contributed by atoms with Crippen LogP contribution in [0.25, 0.3) is 0 Å². The molecule has 1 rings (SSSR count). The first kappa shape index (κ1) is 13.1. The lowest BCUT2D eigenvalue weighted by molar-refractivity contribution is 0.496. The van der Waals surface area contributed by atoms with E-state index in [1.165, 1.54) is 10.5 Å². The van der Waals surface area contributed by atoms with Gasteiger partial charge in [-0.3, -0.25) is 11.3 Å². The second-order valence-electron chi connectivity index (χ2n) is 3.56. The SMILES string of the molecule is C#CCCCC(NN)c1ccccc1SC. The highest BCUT2D eigenvalue weighted by atomic mass is 32.2. The van der Waals surface area contributed by atoms with Crippen LogP contribution in [0.4, 0.5) is 0 Å². The van der Waals surface area contributed by atoms with Gasteiger partial charge >= 0.3 is 0 Å². The molecule has 0 aliphatic rings. The zero-order valence-corrected chi connectivity index (χ0v) is 10.4. The summed E-state index contributed by atoms with van der Waals surface area (Å²) in [7, 11) is 0. The van der Waals surface area contributed by atoms with Crippen molar-refractivity contribution in [3.05, 3.63) is 29.8 Å². The maximum Gasteiger partial charge on any atom is 0.0471 e. The number of hydrogen-bond acceptors (Lipinski definition) is 3. The number of benzene rings is 1. The smallest absolute Gasteiger partial charge is 0.0471 e. The number of thioether (sulfide) groups is 1. The highest BCUT2D eigenvalue weighted by molar-refractivity contribution is 7.98. The number of hydrogen-bond donors (Lipinski definition) is 2. The fourth-order valence-electron chi connectivity index (χ4n) is 1.69. The largest absolute Gasteiger partial charge is 0.271 e. The van der Waals surface area contributed by atoms with Crippen LogP contribution in [-0.4, -0.2) is 6.26 Å². The Morgan fingerprint density at radius 2 is 2.25 bits per heavy atom. The second kappa shape index (κ2) is 7.34. The lowest BCUT2D eigenvalue weighted by Gasteiger charge is -2.18. The minimum Gasteiger partial charge on any atom is -0.271 e. The molecule has 16 heavy (non-hydrogen) atoms. The van der Waals surface area contributed by atoms with Crippen LogP contribution in [0.1, 0.15) is 30.9 Å². The Bertz CT molecular complexity index is 357. The molecule has 2 nitrogen and oxygen atoms in total. The number of hydrazine groups is 1. The molecule has 0 aliphatic heterocycles. The second-order valence-corrected chi connectivity index (χ2v) is 4.41. The van der Waals surface area contributed by atoms with Gasteiger partial charge in [0.25, 0.3) is 0 Å². The number of unbranched alkanes of at least 4 members (excludes halogenated alkanes) is 1. The van der Waals surface area contributed by atoms with Crippen LogP contribution in [0.3, 0.4) is 0 Å². The number of rotatable bonds is 6. The summed E-state index contributed by atoms with van der Waals surface area (Å²) in [5, 5.41) is 0. The topological polar surface area (TPSA) is 38.0 Å². The number of terminal acetylenes is 1. The molecular formula is C13H18N2S. The van der Waals surface area contributed by atoms with Crippen LogP contribution < -0.4 is 11.3 Å². The molecule has 0 radical (unpaired) electrons. The molecule has 0 spiro atoms. The van der Waals surface area contributed by atoms with Gasteiger partial charge in [-0.1, -0.05) is 18.2 Å². The Balaban J connectivity index is 2.74. The van der Waals surface area contributed by atoms with E-state index in [0.29, 0.717) is 0 Å². The summed E-state index contributed by atoms with van der Waals surface area (Å²) in [5.74, 6) is 8.25. The van der Waals surface area contributed by atoms with E-state index < -0.39 is 0 Å². The maximum atomic E-state index is 5.60. The average molecular weight is 234 g/mol. The van der Waals surface area contributed by atoms with Crippen molar-refractivity contribution < 1.29 is 0 Å². The van der Waals surface area contributed by atoms with Gasteiger partial charge in [-0.2, -0.15) is 0 Å². The zero-order valence-electron chi connectivity index (χ0n) is 9.57. The van der Waals surface area contributed by atoms with Gasteiger partial charge in [0, 0.05) is 17.4 Å². The molecule has 0 aromatic heterocycles. The van der Waals surface area contributed by atoms with E-state index in [9.17, 15) is 0 Å². The van der Waals surface area contributed by atoms with Crippen molar-refractivity contribution in [2.24, 2.45) is 5.84 Å². The van der Waals surface area contributed by atoms with Crippen molar-refractivity contribution in [2.75, 3.05) is 6.26 Å². The molecule has 0 aliphatic carbocycles. The Morgan fingerprint density at radius 1 is 1.50 bits per heavy atom. The summed E-state index contributed by atoms with van der Waals surface area (Å²) in [6, 6.07) is 8.51. The Morgan fingerprint density at radius 3 is 2.88 bits per heavy atom. The van der Waals surface area contributed by atoms with E-state index in [1.54, 1.807) is 11.8 Å². The van der Waals surface area contributed by atoms with Crippen molar-refractivity contribution in [1.82, 2.24) is 5.43 Å². The molecule has 0 heterocycles. The maximum absolute atomic E-state index is 5.60. The highest BCUT2D eigenvalue weighted by Crippen LogP contribution is 2.28. The molecule has 1 aromatic carbocycles. The molecule has 1 aromatic rings. The Labute approximate surface area is 102 Å². The summed E-state index contributed by atoms with van der Waals surface area (Å²) >= 11 is 1.74. The van der Waals surface area contributed by atoms with Gasteiger partial charge in [0.05, 0.1) is 0 Å². The fraction of sp³-hybridized carbons (Fsp3) is 0.385. The Kier molecular flexibility index (Phi) is 6.02. The van der Waals surface area contributed by atoms with Crippen molar-refractivity contribution >= 4 is 11.8 Å². The van der Waals surface area contributed by atoms with Crippen molar-refractivity contribution in [3.63, 3.8) is 0 Å². The summed E-state index contributed by atoms with van der Waals surface area (Å²) in [4.78, 5) is 1.27. The summed E-state index contributed by atoms with van der Waals surface area (Å²) in [6.07, 6.45) is 10.1. The van der Waals surface area contributed by atoms with Crippen LogP contribution in [-0.2, 0) is 0 Å². The molecule has 3 N–H and O–H groups in total. The third-order valence-corrected chi connectivity index (χ3v) is 3.34. The molecule has 1 unspecified atom stereocenters. The summed E-state index contributed by atoms with van der Waals surface area (Å²) in [6.45, 7) is 0. The molecule has 0 bridgehead atoms. The molecular weight excluding hydrogens is 216 g/mol. The van der Waals surface area contributed by atoms with Crippen molar-refractivity contribution in [1.29, 1.82) is 0 Å². The van der Waals surface area contributed by atoms with Gasteiger partial charge in [-0.15, -0.1) is 24.1 Å². The lowest BCUT2D eigenvalue weighted by atomic mass is 10.0. The van der Waals surface area contributed by atoms with Crippen LogP contribution in [0.15, 0.2) is 29.2 Å². The quantitative estimate of drug-likeness (QED) is 0.261. The predicted molar refractivity (Wildman–Crippen MR) is 71.0 cm³/mol. The molecule has 0 saturated heterocycles. The van der Waals surface area contributed by atoms with Gasteiger partial charge in [0.15, 0.2) is 0 Å². The van der Waals surface area contributed by atoms with Crippen LogP contribution in [0.2, 0.25) is 0 Å². The van der Waals surface area contributed by atoms with Gasteiger partial charge < -0.3 is 0 Å². The molecule has 1 atom stereocenters. The standard InChI is InChI=1S/C13H18N2S/c1-3-4-5-9-12(15-14)11-8-6-7-10-13(11)16-2/h1,6-8,10,12,15H,4-5,9,14H2,2H3.